The number of nitrogens with zero attached hydrogens (tertiary/aromatic N) is 1. The Morgan fingerprint density at radius 1 is 1.05 bits per heavy atom. The van der Waals surface area contributed by atoms with Gasteiger partial charge >= 0.3 is 0 Å². The van der Waals surface area contributed by atoms with Crippen LogP contribution in [0, 0.1) is 6.92 Å². The number of pyridine rings is 1. The first-order valence-electron chi connectivity index (χ1n) is 6.72. The van der Waals surface area contributed by atoms with Crippen LogP contribution in [0.25, 0.3) is 22.2 Å². The van der Waals surface area contributed by atoms with Crippen molar-refractivity contribution in [2.24, 2.45) is 0 Å². The summed E-state index contributed by atoms with van der Waals surface area (Å²) in [6.07, 6.45) is 0.798. The van der Waals surface area contributed by atoms with Gasteiger partial charge in [0, 0.05) is 10.9 Å². The number of ether oxygens (including phenoxy) is 1. The Labute approximate surface area is 123 Å². The van der Waals surface area contributed by atoms with E-state index >= 15 is 0 Å². The molecular formula is C18H15NO2. The molecule has 0 bridgehead atoms. The van der Waals surface area contributed by atoms with E-state index in [0.29, 0.717) is 11.3 Å². The first-order valence-corrected chi connectivity index (χ1v) is 6.72. The first-order chi connectivity index (χ1) is 10.2. The molecule has 0 fully saturated rings. The largest absolute Gasteiger partial charge is 0.496 e. The summed E-state index contributed by atoms with van der Waals surface area (Å²) in [5.74, 6) is 0.574. The van der Waals surface area contributed by atoms with Crippen LogP contribution in [0.2, 0.25) is 0 Å². The molecule has 0 N–H and O–H groups in total. The number of hydrogen-bond acceptors (Lipinski definition) is 3. The van der Waals surface area contributed by atoms with E-state index in [4.69, 9.17) is 4.74 Å². The van der Waals surface area contributed by atoms with Gasteiger partial charge in [0.1, 0.15) is 5.75 Å². The Morgan fingerprint density at radius 3 is 2.67 bits per heavy atom. The summed E-state index contributed by atoms with van der Waals surface area (Å²) in [6.45, 7) is 2.06. The third kappa shape index (κ3) is 2.50. The molecule has 0 aliphatic carbocycles. The Kier molecular flexibility index (Phi) is 3.40. The zero-order valence-electron chi connectivity index (χ0n) is 12.0. The topological polar surface area (TPSA) is 39.2 Å². The molecule has 3 rings (SSSR count). The quantitative estimate of drug-likeness (QED) is 0.678. The van der Waals surface area contributed by atoms with Crippen LogP contribution in [-0.4, -0.2) is 18.4 Å². The summed E-state index contributed by atoms with van der Waals surface area (Å²) in [6, 6.07) is 15.7. The molecule has 0 spiro atoms. The lowest BCUT2D eigenvalue weighted by Gasteiger charge is -2.07. The molecule has 0 aliphatic rings. The van der Waals surface area contributed by atoms with E-state index in [1.54, 1.807) is 19.2 Å². The van der Waals surface area contributed by atoms with Crippen molar-refractivity contribution in [3.8, 4) is 17.0 Å². The molecule has 0 radical (unpaired) electrons. The molecule has 2 aromatic carbocycles. The molecule has 1 heterocycles. The molecule has 0 saturated heterocycles. The van der Waals surface area contributed by atoms with Crippen LogP contribution >= 0.6 is 0 Å². The summed E-state index contributed by atoms with van der Waals surface area (Å²) in [4.78, 5) is 15.8. The van der Waals surface area contributed by atoms with Gasteiger partial charge in [-0.3, -0.25) is 4.79 Å². The molecule has 0 amide bonds. The zero-order chi connectivity index (χ0) is 14.8. The van der Waals surface area contributed by atoms with E-state index in [1.807, 2.05) is 24.3 Å². The summed E-state index contributed by atoms with van der Waals surface area (Å²) >= 11 is 0. The van der Waals surface area contributed by atoms with Crippen molar-refractivity contribution >= 4 is 17.2 Å². The van der Waals surface area contributed by atoms with Gasteiger partial charge in [0.2, 0.25) is 0 Å². The highest BCUT2D eigenvalue weighted by atomic mass is 16.5. The smallest absolute Gasteiger partial charge is 0.153 e. The summed E-state index contributed by atoms with van der Waals surface area (Å²) in [5, 5.41) is 1.11. The van der Waals surface area contributed by atoms with Gasteiger partial charge < -0.3 is 4.74 Å². The number of fused-ring (bicyclic) bond motifs is 1. The van der Waals surface area contributed by atoms with E-state index in [-0.39, 0.29) is 0 Å². The van der Waals surface area contributed by atoms with Gasteiger partial charge in [0.25, 0.3) is 0 Å². The second-order valence-corrected chi connectivity index (χ2v) is 4.97. The number of carbonyl (C=O) groups excluding carboxylic acids is 1. The number of methoxy groups -OCH3 is 1. The molecule has 0 atom stereocenters. The van der Waals surface area contributed by atoms with E-state index in [1.165, 1.54) is 5.56 Å². The minimum absolute atomic E-state index is 0.529. The predicted octanol–water partition coefficient (Wildman–Crippen LogP) is 4.03. The minimum Gasteiger partial charge on any atom is -0.496 e. The molecule has 3 nitrogen and oxygen atoms in total. The zero-order valence-corrected chi connectivity index (χ0v) is 12.0. The molecular weight excluding hydrogens is 262 g/mol. The summed E-state index contributed by atoms with van der Waals surface area (Å²) in [5.41, 5.74) is 4.43. The molecule has 3 heteroatoms. The highest BCUT2D eigenvalue weighted by molar-refractivity contribution is 5.85. The van der Waals surface area contributed by atoms with E-state index in [0.717, 1.165) is 28.4 Å². The minimum atomic E-state index is 0.529. The Balaban J connectivity index is 2.11. The third-order valence-electron chi connectivity index (χ3n) is 3.50. The molecule has 21 heavy (non-hydrogen) atoms. The standard InChI is InChI=1S/C18H15NO2/c1-12-3-6-16-13(9-12)4-7-17(19-16)14-5-8-18(21-2)15(10-14)11-20/h3-11H,1-2H3. The van der Waals surface area contributed by atoms with Gasteiger partial charge in [-0.15, -0.1) is 0 Å². The number of hydrogen-bond donors (Lipinski definition) is 0. The maximum Gasteiger partial charge on any atom is 0.153 e. The average Bonchev–Trinajstić information content (AvgIpc) is 2.53. The number of rotatable bonds is 3. The lowest BCUT2D eigenvalue weighted by Crippen LogP contribution is -1.92. The number of aromatic nitrogens is 1. The van der Waals surface area contributed by atoms with Gasteiger partial charge in [-0.25, -0.2) is 4.98 Å². The maximum atomic E-state index is 11.1. The molecule has 1 aromatic heterocycles. The Hall–Kier alpha value is -2.68. The number of aldehydes is 1. The molecule has 3 aromatic rings. The van der Waals surface area contributed by atoms with Crippen molar-refractivity contribution in [2.75, 3.05) is 7.11 Å². The summed E-state index contributed by atoms with van der Waals surface area (Å²) in [7, 11) is 1.55. The fraction of sp³-hybridized carbons (Fsp3) is 0.111. The van der Waals surface area contributed by atoms with Crippen LogP contribution < -0.4 is 4.74 Å². The first kappa shape index (κ1) is 13.3. The average molecular weight is 277 g/mol. The van der Waals surface area contributed by atoms with Crippen molar-refractivity contribution in [2.45, 2.75) is 6.92 Å². The Morgan fingerprint density at radius 2 is 1.90 bits per heavy atom. The highest BCUT2D eigenvalue weighted by Gasteiger charge is 2.07. The normalized spacial score (nSPS) is 10.6. The Bertz CT molecular complexity index is 825. The van der Waals surface area contributed by atoms with Crippen LogP contribution in [0.3, 0.4) is 0 Å². The lowest BCUT2D eigenvalue weighted by molar-refractivity contribution is 0.112. The maximum absolute atomic E-state index is 11.1. The van der Waals surface area contributed by atoms with Crippen LogP contribution in [0.15, 0.2) is 48.5 Å². The monoisotopic (exact) mass is 277 g/mol. The lowest BCUT2D eigenvalue weighted by atomic mass is 10.1. The van der Waals surface area contributed by atoms with Gasteiger partial charge in [-0.05, 0) is 43.3 Å². The molecule has 0 aliphatic heterocycles. The predicted molar refractivity (Wildman–Crippen MR) is 83.9 cm³/mol. The fourth-order valence-electron chi connectivity index (χ4n) is 2.39. The van der Waals surface area contributed by atoms with E-state index < -0.39 is 0 Å². The van der Waals surface area contributed by atoms with Crippen LogP contribution in [0.5, 0.6) is 5.75 Å². The third-order valence-corrected chi connectivity index (χ3v) is 3.50. The van der Waals surface area contributed by atoms with Gasteiger partial charge in [-0.2, -0.15) is 0 Å². The van der Waals surface area contributed by atoms with Crippen molar-refractivity contribution in [1.82, 2.24) is 4.98 Å². The van der Waals surface area contributed by atoms with Gasteiger partial charge in [-0.1, -0.05) is 17.7 Å². The highest BCUT2D eigenvalue weighted by Crippen LogP contribution is 2.26. The van der Waals surface area contributed by atoms with Crippen molar-refractivity contribution in [1.29, 1.82) is 0 Å². The van der Waals surface area contributed by atoms with Crippen molar-refractivity contribution in [3.63, 3.8) is 0 Å². The molecule has 0 unspecified atom stereocenters. The number of benzene rings is 2. The van der Waals surface area contributed by atoms with Gasteiger partial charge in [0.05, 0.1) is 23.9 Å². The van der Waals surface area contributed by atoms with Crippen LogP contribution in [0.4, 0.5) is 0 Å². The fourth-order valence-corrected chi connectivity index (χ4v) is 2.39. The second kappa shape index (κ2) is 5.37. The van der Waals surface area contributed by atoms with E-state index in [2.05, 4.69) is 24.0 Å². The van der Waals surface area contributed by atoms with Crippen LogP contribution in [0.1, 0.15) is 15.9 Å². The molecule has 0 saturated carbocycles. The SMILES string of the molecule is COc1ccc(-c2ccc3cc(C)ccc3n2)cc1C=O. The number of carbonyl (C=O) groups is 1. The van der Waals surface area contributed by atoms with E-state index in [9.17, 15) is 4.79 Å². The number of aryl methyl sites for hydroxylation is 1. The second-order valence-electron chi connectivity index (χ2n) is 4.97. The van der Waals surface area contributed by atoms with Crippen LogP contribution in [-0.2, 0) is 0 Å². The van der Waals surface area contributed by atoms with Crippen molar-refractivity contribution in [3.05, 3.63) is 59.7 Å². The molecule has 104 valence electrons. The summed E-state index contributed by atoms with van der Waals surface area (Å²) < 4.78 is 5.16. The van der Waals surface area contributed by atoms with Gasteiger partial charge in [0.15, 0.2) is 6.29 Å². The van der Waals surface area contributed by atoms with Crippen molar-refractivity contribution < 1.29 is 9.53 Å².